The van der Waals surface area contributed by atoms with Gasteiger partial charge in [-0.2, -0.15) is 5.26 Å². The standard InChI is InChI=1S/C15H15N3OS/c1-18(10-14-6-3-7-20-14)11-15(19)17-13-5-2-4-12(8-13)9-16/h2-8H,10-11H2,1H3,(H,17,19). The highest BCUT2D eigenvalue weighted by atomic mass is 32.1. The molecule has 0 bridgehead atoms. The number of hydrogen-bond donors (Lipinski definition) is 1. The van der Waals surface area contributed by atoms with Crippen molar-refractivity contribution in [3.8, 4) is 6.07 Å². The van der Waals surface area contributed by atoms with Crippen LogP contribution >= 0.6 is 11.3 Å². The van der Waals surface area contributed by atoms with E-state index in [4.69, 9.17) is 5.26 Å². The minimum Gasteiger partial charge on any atom is -0.325 e. The lowest BCUT2D eigenvalue weighted by molar-refractivity contribution is -0.117. The zero-order chi connectivity index (χ0) is 14.4. The molecule has 20 heavy (non-hydrogen) atoms. The van der Waals surface area contributed by atoms with Crippen LogP contribution in [0.15, 0.2) is 41.8 Å². The zero-order valence-electron chi connectivity index (χ0n) is 11.2. The third-order valence-corrected chi connectivity index (χ3v) is 3.56. The molecule has 0 atom stereocenters. The van der Waals surface area contributed by atoms with E-state index in [0.717, 1.165) is 6.54 Å². The molecular weight excluding hydrogens is 270 g/mol. The van der Waals surface area contributed by atoms with Crippen molar-refractivity contribution in [2.24, 2.45) is 0 Å². The van der Waals surface area contributed by atoms with E-state index in [1.807, 2.05) is 23.4 Å². The second-order valence-corrected chi connectivity index (χ2v) is 5.52. The molecule has 0 aliphatic carbocycles. The highest BCUT2D eigenvalue weighted by Crippen LogP contribution is 2.12. The first-order valence-corrected chi connectivity index (χ1v) is 7.06. The van der Waals surface area contributed by atoms with Gasteiger partial charge in [0.25, 0.3) is 0 Å². The molecule has 1 amide bonds. The van der Waals surface area contributed by atoms with Gasteiger partial charge in [-0.05, 0) is 36.7 Å². The van der Waals surface area contributed by atoms with Crippen LogP contribution in [0.1, 0.15) is 10.4 Å². The molecule has 1 heterocycles. The van der Waals surface area contributed by atoms with Crippen molar-refractivity contribution in [2.45, 2.75) is 6.54 Å². The molecule has 1 N–H and O–H groups in total. The van der Waals surface area contributed by atoms with Gasteiger partial charge < -0.3 is 5.32 Å². The third-order valence-electron chi connectivity index (χ3n) is 2.69. The molecule has 0 spiro atoms. The SMILES string of the molecule is CN(CC(=O)Nc1cccc(C#N)c1)Cc1cccs1. The minimum absolute atomic E-state index is 0.0841. The molecule has 0 fully saturated rings. The van der Waals surface area contributed by atoms with Gasteiger partial charge in [0, 0.05) is 17.1 Å². The number of nitriles is 1. The fraction of sp³-hybridized carbons (Fsp3) is 0.200. The number of benzene rings is 1. The van der Waals surface area contributed by atoms with E-state index in [-0.39, 0.29) is 5.91 Å². The third kappa shape index (κ3) is 4.19. The largest absolute Gasteiger partial charge is 0.325 e. The van der Waals surface area contributed by atoms with Gasteiger partial charge in [-0.3, -0.25) is 9.69 Å². The van der Waals surface area contributed by atoms with Crippen LogP contribution in [0.2, 0.25) is 0 Å². The first-order valence-electron chi connectivity index (χ1n) is 6.18. The minimum atomic E-state index is -0.0841. The van der Waals surface area contributed by atoms with E-state index in [0.29, 0.717) is 17.8 Å². The Morgan fingerprint density at radius 3 is 2.95 bits per heavy atom. The number of carbonyl (C=O) groups is 1. The van der Waals surface area contributed by atoms with E-state index in [9.17, 15) is 4.79 Å². The molecule has 0 saturated heterocycles. The normalized spacial score (nSPS) is 10.2. The molecule has 5 heteroatoms. The lowest BCUT2D eigenvalue weighted by Gasteiger charge is -2.15. The summed E-state index contributed by atoms with van der Waals surface area (Å²) in [7, 11) is 1.91. The number of carbonyl (C=O) groups excluding carboxylic acids is 1. The summed E-state index contributed by atoms with van der Waals surface area (Å²) in [4.78, 5) is 15.1. The molecule has 2 aromatic rings. The zero-order valence-corrected chi connectivity index (χ0v) is 12.0. The maximum Gasteiger partial charge on any atom is 0.238 e. The second kappa shape index (κ2) is 6.85. The summed E-state index contributed by atoms with van der Waals surface area (Å²) in [6.45, 7) is 1.07. The first-order chi connectivity index (χ1) is 9.67. The second-order valence-electron chi connectivity index (χ2n) is 4.49. The molecular formula is C15H15N3OS. The van der Waals surface area contributed by atoms with Crippen molar-refractivity contribution < 1.29 is 4.79 Å². The highest BCUT2D eigenvalue weighted by molar-refractivity contribution is 7.09. The maximum absolute atomic E-state index is 11.9. The molecule has 1 aromatic heterocycles. The number of nitrogens with one attached hydrogen (secondary N) is 1. The molecule has 0 unspecified atom stereocenters. The van der Waals surface area contributed by atoms with Crippen LogP contribution in [0.4, 0.5) is 5.69 Å². The first kappa shape index (κ1) is 14.3. The van der Waals surface area contributed by atoms with E-state index in [1.165, 1.54) is 4.88 Å². The Labute approximate surface area is 122 Å². The monoisotopic (exact) mass is 285 g/mol. The van der Waals surface area contributed by atoms with Crippen LogP contribution in [-0.4, -0.2) is 24.4 Å². The fourth-order valence-corrected chi connectivity index (χ4v) is 2.62. The molecule has 0 saturated carbocycles. The predicted octanol–water partition coefficient (Wildman–Crippen LogP) is 2.69. The summed E-state index contributed by atoms with van der Waals surface area (Å²) >= 11 is 1.68. The topological polar surface area (TPSA) is 56.1 Å². The number of anilines is 1. The number of rotatable bonds is 5. The van der Waals surface area contributed by atoms with Gasteiger partial charge in [-0.25, -0.2) is 0 Å². The molecule has 0 aliphatic rings. The van der Waals surface area contributed by atoms with Gasteiger partial charge in [0.2, 0.25) is 5.91 Å². The van der Waals surface area contributed by atoms with Gasteiger partial charge in [0.15, 0.2) is 0 Å². The van der Waals surface area contributed by atoms with Crippen molar-refractivity contribution in [3.63, 3.8) is 0 Å². The quantitative estimate of drug-likeness (QED) is 0.919. The molecule has 102 valence electrons. The number of thiophene rings is 1. The van der Waals surface area contributed by atoms with E-state index in [1.54, 1.807) is 35.6 Å². The summed E-state index contributed by atoms with van der Waals surface area (Å²) < 4.78 is 0. The van der Waals surface area contributed by atoms with Gasteiger partial charge in [-0.15, -0.1) is 11.3 Å². The van der Waals surface area contributed by atoms with E-state index >= 15 is 0 Å². The molecule has 1 aromatic carbocycles. The van der Waals surface area contributed by atoms with Gasteiger partial charge in [0.05, 0.1) is 18.2 Å². The van der Waals surface area contributed by atoms with Crippen LogP contribution in [-0.2, 0) is 11.3 Å². The fourth-order valence-electron chi connectivity index (χ4n) is 1.84. The van der Waals surface area contributed by atoms with Crippen LogP contribution in [0.5, 0.6) is 0 Å². The summed E-state index contributed by atoms with van der Waals surface area (Å²) in [6, 6.07) is 13.0. The van der Waals surface area contributed by atoms with Crippen molar-refractivity contribution in [2.75, 3.05) is 18.9 Å². The number of hydrogen-bond acceptors (Lipinski definition) is 4. The summed E-state index contributed by atoms with van der Waals surface area (Å²) in [5, 5.41) is 13.6. The molecule has 4 nitrogen and oxygen atoms in total. The lowest BCUT2D eigenvalue weighted by atomic mass is 10.2. The molecule has 0 radical (unpaired) electrons. The van der Waals surface area contributed by atoms with Crippen LogP contribution in [0, 0.1) is 11.3 Å². The van der Waals surface area contributed by atoms with Gasteiger partial charge >= 0.3 is 0 Å². The molecule has 2 rings (SSSR count). The maximum atomic E-state index is 11.9. The van der Waals surface area contributed by atoms with Crippen molar-refractivity contribution >= 4 is 22.9 Å². The highest BCUT2D eigenvalue weighted by Gasteiger charge is 2.08. The average molecular weight is 285 g/mol. The summed E-state index contributed by atoms with van der Waals surface area (Å²) in [5.74, 6) is -0.0841. The number of amides is 1. The summed E-state index contributed by atoms with van der Waals surface area (Å²) in [5.41, 5.74) is 1.19. The summed E-state index contributed by atoms with van der Waals surface area (Å²) in [6.07, 6.45) is 0. The van der Waals surface area contributed by atoms with Gasteiger partial charge in [-0.1, -0.05) is 12.1 Å². The van der Waals surface area contributed by atoms with Crippen molar-refractivity contribution in [1.82, 2.24) is 4.90 Å². The Hall–Kier alpha value is -2.16. The predicted molar refractivity (Wildman–Crippen MR) is 80.4 cm³/mol. The Bertz CT molecular complexity index is 616. The number of likely N-dealkylation sites (N-methyl/N-ethyl adjacent to an activating group) is 1. The van der Waals surface area contributed by atoms with E-state index in [2.05, 4.69) is 17.5 Å². The van der Waals surface area contributed by atoms with Crippen molar-refractivity contribution in [3.05, 3.63) is 52.2 Å². The van der Waals surface area contributed by atoms with Crippen LogP contribution in [0.3, 0.4) is 0 Å². The van der Waals surface area contributed by atoms with Gasteiger partial charge in [0.1, 0.15) is 0 Å². The molecule has 0 aliphatic heterocycles. The number of nitrogens with zero attached hydrogens (tertiary/aromatic N) is 2. The average Bonchev–Trinajstić information content (AvgIpc) is 2.91. The smallest absolute Gasteiger partial charge is 0.238 e. The Kier molecular flexibility index (Phi) is 4.88. The van der Waals surface area contributed by atoms with E-state index < -0.39 is 0 Å². The lowest BCUT2D eigenvalue weighted by Crippen LogP contribution is -2.29. The van der Waals surface area contributed by atoms with Crippen LogP contribution in [0.25, 0.3) is 0 Å². The van der Waals surface area contributed by atoms with Crippen LogP contribution < -0.4 is 5.32 Å². The van der Waals surface area contributed by atoms with Crippen molar-refractivity contribution in [1.29, 1.82) is 5.26 Å². The Morgan fingerprint density at radius 1 is 1.40 bits per heavy atom. The Balaban J connectivity index is 1.87. The Morgan fingerprint density at radius 2 is 2.25 bits per heavy atom.